The Labute approximate surface area is 172 Å². The molecule has 2 aromatic rings. The molecule has 0 bridgehead atoms. The average Bonchev–Trinajstić information content (AvgIpc) is 3.01. The number of aromatic nitrogens is 2. The second-order valence-corrected chi connectivity index (χ2v) is 8.00. The van der Waals surface area contributed by atoms with Crippen LogP contribution in [0, 0.1) is 6.92 Å². The topological polar surface area (TPSA) is 88.5 Å². The summed E-state index contributed by atoms with van der Waals surface area (Å²) in [5, 5.41) is 10.1. The fourth-order valence-electron chi connectivity index (χ4n) is 2.67. The molecule has 0 saturated carbocycles. The summed E-state index contributed by atoms with van der Waals surface area (Å²) < 4.78 is 6.72. The fourth-order valence-corrected chi connectivity index (χ4v) is 2.67. The van der Waals surface area contributed by atoms with Crippen molar-refractivity contribution in [2.45, 2.75) is 33.1 Å². The van der Waals surface area contributed by atoms with E-state index in [1.807, 2.05) is 37.3 Å². The van der Waals surface area contributed by atoms with Gasteiger partial charge in [0.25, 0.3) is 0 Å². The summed E-state index contributed by atoms with van der Waals surface area (Å²) >= 11 is 0. The molecule has 1 aromatic heterocycles. The molecule has 0 fully saturated rings. The van der Waals surface area contributed by atoms with Crippen LogP contribution in [0.1, 0.15) is 32.0 Å². The standard InChI is InChI=1S/C21H31N5O3/c1-15-9-7-8-10-16(15)22-20(28)26(11-12-29-6)14-19(27)23-18-13-17(21(2,3)4)24-25(18)5/h7-10,13H,11-12,14H2,1-6H3,(H,22,28)(H,23,27). The molecule has 0 radical (unpaired) electrons. The maximum absolute atomic E-state index is 12.7. The van der Waals surface area contributed by atoms with Crippen LogP contribution in [0.3, 0.4) is 0 Å². The number of urea groups is 1. The lowest BCUT2D eigenvalue weighted by Crippen LogP contribution is -2.42. The molecular formula is C21H31N5O3. The first kappa shape index (κ1) is 22.4. The van der Waals surface area contributed by atoms with Crippen LogP contribution in [0.4, 0.5) is 16.3 Å². The van der Waals surface area contributed by atoms with Crippen molar-refractivity contribution in [3.8, 4) is 0 Å². The molecule has 1 heterocycles. The van der Waals surface area contributed by atoms with Crippen LogP contribution in [-0.4, -0.2) is 53.4 Å². The third-order valence-corrected chi connectivity index (χ3v) is 4.49. The van der Waals surface area contributed by atoms with Gasteiger partial charge in [-0.1, -0.05) is 39.0 Å². The number of hydrogen-bond acceptors (Lipinski definition) is 4. The molecule has 1 aromatic carbocycles. The van der Waals surface area contributed by atoms with E-state index in [-0.39, 0.29) is 23.9 Å². The predicted octanol–water partition coefficient (Wildman–Crippen LogP) is 3.15. The number of ether oxygens (including phenoxy) is 1. The van der Waals surface area contributed by atoms with Crippen molar-refractivity contribution in [2.75, 3.05) is 37.4 Å². The molecule has 158 valence electrons. The number of nitrogens with zero attached hydrogens (tertiary/aromatic N) is 3. The number of para-hydroxylation sites is 1. The molecule has 8 heteroatoms. The van der Waals surface area contributed by atoms with E-state index in [0.717, 1.165) is 11.3 Å². The average molecular weight is 402 g/mol. The Morgan fingerprint density at radius 3 is 2.48 bits per heavy atom. The second-order valence-electron chi connectivity index (χ2n) is 8.00. The van der Waals surface area contributed by atoms with Gasteiger partial charge in [-0.05, 0) is 18.6 Å². The summed E-state index contributed by atoms with van der Waals surface area (Å²) in [4.78, 5) is 26.8. The first-order chi connectivity index (χ1) is 13.6. The molecular weight excluding hydrogens is 370 g/mol. The van der Waals surface area contributed by atoms with Crippen LogP contribution >= 0.6 is 0 Å². The van der Waals surface area contributed by atoms with Crippen molar-refractivity contribution in [1.29, 1.82) is 0 Å². The van der Waals surface area contributed by atoms with Crippen LogP contribution in [0.15, 0.2) is 30.3 Å². The number of methoxy groups -OCH3 is 1. The number of benzene rings is 1. The highest BCUT2D eigenvalue weighted by Crippen LogP contribution is 2.23. The fraction of sp³-hybridized carbons (Fsp3) is 0.476. The van der Waals surface area contributed by atoms with E-state index < -0.39 is 0 Å². The number of nitrogens with one attached hydrogen (secondary N) is 2. The van der Waals surface area contributed by atoms with Crippen molar-refractivity contribution < 1.29 is 14.3 Å². The van der Waals surface area contributed by atoms with Crippen molar-refractivity contribution in [3.05, 3.63) is 41.6 Å². The molecule has 0 aliphatic carbocycles. The zero-order valence-corrected chi connectivity index (χ0v) is 18.1. The summed E-state index contributed by atoms with van der Waals surface area (Å²) in [6.45, 7) is 8.61. The van der Waals surface area contributed by atoms with E-state index in [9.17, 15) is 9.59 Å². The highest BCUT2D eigenvalue weighted by atomic mass is 16.5. The van der Waals surface area contributed by atoms with Gasteiger partial charge in [0.15, 0.2) is 0 Å². The third-order valence-electron chi connectivity index (χ3n) is 4.49. The lowest BCUT2D eigenvalue weighted by Gasteiger charge is -2.22. The van der Waals surface area contributed by atoms with Gasteiger partial charge in [-0.25, -0.2) is 4.79 Å². The van der Waals surface area contributed by atoms with E-state index in [1.54, 1.807) is 18.8 Å². The summed E-state index contributed by atoms with van der Waals surface area (Å²) in [6.07, 6.45) is 0. The van der Waals surface area contributed by atoms with Gasteiger partial charge in [-0.2, -0.15) is 5.10 Å². The quantitative estimate of drug-likeness (QED) is 0.746. The SMILES string of the molecule is COCCN(CC(=O)Nc1cc(C(C)(C)C)nn1C)C(=O)Nc1ccccc1C. The molecule has 29 heavy (non-hydrogen) atoms. The number of hydrogen-bond donors (Lipinski definition) is 2. The molecule has 3 amide bonds. The van der Waals surface area contributed by atoms with Crippen LogP contribution in [0.25, 0.3) is 0 Å². The molecule has 0 unspecified atom stereocenters. The zero-order valence-electron chi connectivity index (χ0n) is 18.1. The zero-order chi connectivity index (χ0) is 21.6. The van der Waals surface area contributed by atoms with E-state index in [4.69, 9.17) is 4.74 Å². The van der Waals surface area contributed by atoms with Crippen LogP contribution < -0.4 is 10.6 Å². The van der Waals surface area contributed by atoms with Crippen molar-refractivity contribution in [3.63, 3.8) is 0 Å². The van der Waals surface area contributed by atoms with Gasteiger partial charge in [-0.15, -0.1) is 0 Å². The molecule has 0 spiro atoms. The van der Waals surface area contributed by atoms with Crippen LogP contribution in [-0.2, 0) is 22.0 Å². The van der Waals surface area contributed by atoms with Gasteiger partial charge in [0.2, 0.25) is 5.91 Å². The van der Waals surface area contributed by atoms with Gasteiger partial charge in [0.05, 0.1) is 12.3 Å². The minimum atomic E-state index is -0.355. The van der Waals surface area contributed by atoms with Gasteiger partial charge < -0.3 is 20.3 Å². The van der Waals surface area contributed by atoms with Crippen molar-refractivity contribution in [1.82, 2.24) is 14.7 Å². The van der Waals surface area contributed by atoms with Crippen LogP contribution in [0.2, 0.25) is 0 Å². The summed E-state index contributed by atoms with van der Waals surface area (Å²) in [5.74, 6) is 0.287. The molecule has 0 saturated heterocycles. The first-order valence-electron chi connectivity index (χ1n) is 9.56. The Bertz CT molecular complexity index is 854. The number of aryl methyl sites for hydroxylation is 2. The summed E-state index contributed by atoms with van der Waals surface area (Å²) in [6, 6.07) is 8.99. The lowest BCUT2D eigenvalue weighted by molar-refractivity contribution is -0.116. The smallest absolute Gasteiger partial charge is 0.322 e. The Kier molecular flexibility index (Phi) is 7.39. The van der Waals surface area contributed by atoms with Crippen molar-refractivity contribution >= 4 is 23.4 Å². The first-order valence-corrected chi connectivity index (χ1v) is 9.56. The monoisotopic (exact) mass is 401 g/mol. The van der Waals surface area contributed by atoms with Gasteiger partial charge in [-0.3, -0.25) is 9.48 Å². The van der Waals surface area contributed by atoms with Gasteiger partial charge in [0.1, 0.15) is 12.4 Å². The van der Waals surface area contributed by atoms with E-state index in [0.29, 0.717) is 24.7 Å². The predicted molar refractivity (Wildman–Crippen MR) is 114 cm³/mol. The molecule has 0 aliphatic rings. The number of carbonyl (C=O) groups excluding carboxylic acids is 2. The number of anilines is 2. The largest absolute Gasteiger partial charge is 0.383 e. The van der Waals surface area contributed by atoms with E-state index in [2.05, 4.69) is 36.5 Å². The third kappa shape index (κ3) is 6.32. The maximum atomic E-state index is 12.7. The molecule has 2 N–H and O–H groups in total. The summed E-state index contributed by atoms with van der Waals surface area (Å²) in [7, 11) is 3.33. The second kappa shape index (κ2) is 9.56. The maximum Gasteiger partial charge on any atom is 0.322 e. The molecule has 2 rings (SSSR count). The minimum absolute atomic E-state index is 0.100. The molecule has 0 aliphatic heterocycles. The normalized spacial score (nSPS) is 11.2. The Balaban J connectivity index is 2.07. The molecule has 8 nitrogen and oxygen atoms in total. The number of amides is 3. The highest BCUT2D eigenvalue weighted by molar-refractivity contribution is 5.96. The van der Waals surface area contributed by atoms with Gasteiger partial charge >= 0.3 is 6.03 Å². The van der Waals surface area contributed by atoms with E-state index >= 15 is 0 Å². The van der Waals surface area contributed by atoms with Crippen molar-refractivity contribution in [2.24, 2.45) is 7.05 Å². The Morgan fingerprint density at radius 1 is 1.21 bits per heavy atom. The highest BCUT2D eigenvalue weighted by Gasteiger charge is 2.22. The van der Waals surface area contributed by atoms with Crippen LogP contribution in [0.5, 0.6) is 0 Å². The lowest BCUT2D eigenvalue weighted by atomic mass is 9.92. The molecule has 0 atom stereocenters. The van der Waals surface area contributed by atoms with Gasteiger partial charge in [0, 0.05) is 37.9 Å². The van der Waals surface area contributed by atoms with E-state index in [1.165, 1.54) is 4.90 Å². The number of carbonyl (C=O) groups is 2. The Hall–Kier alpha value is -2.87. The summed E-state index contributed by atoms with van der Waals surface area (Å²) in [5.41, 5.74) is 2.41. The Morgan fingerprint density at radius 2 is 1.90 bits per heavy atom. The minimum Gasteiger partial charge on any atom is -0.383 e. The number of rotatable bonds is 7.